The minimum atomic E-state index is -0.514. The molecule has 0 heterocycles. The maximum Gasteiger partial charge on any atom is 0.142 e. The summed E-state index contributed by atoms with van der Waals surface area (Å²) in [5, 5.41) is 0. The minimum absolute atomic E-state index is 0.198. The molecule has 0 bridgehead atoms. The highest BCUT2D eigenvalue weighted by molar-refractivity contribution is 9.10. The molecule has 1 nitrogen and oxygen atoms in total. The molecular weight excluding hydrogens is 281 g/mol. The average molecular weight is 300 g/mol. The van der Waals surface area contributed by atoms with Gasteiger partial charge >= 0.3 is 0 Å². The van der Waals surface area contributed by atoms with Crippen molar-refractivity contribution in [2.75, 3.05) is 0 Å². The lowest BCUT2D eigenvalue weighted by Crippen LogP contribution is -2.47. The maximum absolute atomic E-state index is 14.2. The van der Waals surface area contributed by atoms with Crippen LogP contribution in [-0.2, 0) is 5.54 Å². The average Bonchev–Trinajstić information content (AvgIpc) is 2.28. The van der Waals surface area contributed by atoms with Gasteiger partial charge in [-0.1, -0.05) is 26.0 Å². The molecule has 94 valence electrons. The normalized spacial score (nSPS) is 33.7. The van der Waals surface area contributed by atoms with Gasteiger partial charge in [0.05, 0.1) is 4.47 Å². The van der Waals surface area contributed by atoms with Gasteiger partial charge in [-0.15, -0.1) is 0 Å². The molecule has 0 saturated heterocycles. The lowest BCUT2D eigenvalue weighted by molar-refractivity contribution is 0.160. The molecule has 0 amide bonds. The second kappa shape index (κ2) is 4.69. The summed E-state index contributed by atoms with van der Waals surface area (Å²) in [5.74, 6) is 0.809. The summed E-state index contributed by atoms with van der Waals surface area (Å²) >= 11 is 3.24. The Hall–Kier alpha value is -0.410. The van der Waals surface area contributed by atoms with E-state index in [9.17, 15) is 4.39 Å². The topological polar surface area (TPSA) is 26.0 Å². The van der Waals surface area contributed by atoms with Crippen LogP contribution < -0.4 is 5.73 Å². The van der Waals surface area contributed by atoms with Crippen molar-refractivity contribution in [3.63, 3.8) is 0 Å². The van der Waals surface area contributed by atoms with Gasteiger partial charge in [0.25, 0.3) is 0 Å². The summed E-state index contributed by atoms with van der Waals surface area (Å²) in [6.07, 6.45) is 3.01. The van der Waals surface area contributed by atoms with Gasteiger partial charge in [-0.2, -0.15) is 0 Å². The van der Waals surface area contributed by atoms with E-state index >= 15 is 0 Å². The molecule has 2 rings (SSSR count). The monoisotopic (exact) mass is 299 g/mol. The van der Waals surface area contributed by atoms with E-state index < -0.39 is 5.54 Å². The Morgan fingerprint density at radius 2 is 2.12 bits per heavy atom. The van der Waals surface area contributed by atoms with E-state index in [1.165, 1.54) is 0 Å². The number of benzene rings is 1. The molecule has 1 aromatic carbocycles. The molecule has 0 aliphatic heterocycles. The molecular formula is C14H19BrFN. The largest absolute Gasteiger partial charge is 0.321 e. The fraction of sp³-hybridized carbons (Fsp3) is 0.571. The van der Waals surface area contributed by atoms with E-state index in [0.29, 0.717) is 21.9 Å². The van der Waals surface area contributed by atoms with Gasteiger partial charge in [0.2, 0.25) is 0 Å². The van der Waals surface area contributed by atoms with E-state index in [1.807, 2.05) is 12.1 Å². The van der Waals surface area contributed by atoms with Crippen LogP contribution in [0.3, 0.4) is 0 Å². The zero-order valence-corrected chi connectivity index (χ0v) is 11.9. The summed E-state index contributed by atoms with van der Waals surface area (Å²) < 4.78 is 14.7. The molecule has 1 aromatic rings. The molecule has 1 saturated carbocycles. The molecule has 3 atom stereocenters. The summed E-state index contributed by atoms with van der Waals surface area (Å²) in [5.41, 5.74) is 6.64. The van der Waals surface area contributed by atoms with Crippen LogP contribution in [-0.4, -0.2) is 0 Å². The van der Waals surface area contributed by atoms with Crippen LogP contribution in [0.1, 0.15) is 38.7 Å². The molecule has 2 N–H and O–H groups in total. The van der Waals surface area contributed by atoms with Gasteiger partial charge < -0.3 is 5.73 Å². The lowest BCUT2D eigenvalue weighted by Gasteiger charge is -2.42. The van der Waals surface area contributed by atoms with E-state index in [1.54, 1.807) is 6.07 Å². The first-order valence-electron chi connectivity index (χ1n) is 6.18. The number of hydrogen-bond acceptors (Lipinski definition) is 1. The summed E-state index contributed by atoms with van der Waals surface area (Å²) in [6.45, 7) is 4.38. The van der Waals surface area contributed by atoms with Crippen LogP contribution in [0.15, 0.2) is 22.7 Å². The Bertz CT molecular complexity index is 421. The molecule has 0 aromatic heterocycles. The van der Waals surface area contributed by atoms with Gasteiger partial charge in [0, 0.05) is 11.1 Å². The zero-order chi connectivity index (χ0) is 12.6. The Morgan fingerprint density at radius 3 is 2.76 bits per heavy atom. The summed E-state index contributed by atoms with van der Waals surface area (Å²) in [4.78, 5) is 0. The molecule has 3 heteroatoms. The van der Waals surface area contributed by atoms with Gasteiger partial charge in [-0.05, 0) is 53.1 Å². The van der Waals surface area contributed by atoms with Crippen LogP contribution in [0.4, 0.5) is 4.39 Å². The van der Waals surface area contributed by atoms with Crippen molar-refractivity contribution in [3.05, 3.63) is 34.1 Å². The van der Waals surface area contributed by atoms with E-state index in [-0.39, 0.29) is 5.82 Å². The Labute approximate surface area is 111 Å². The molecule has 3 unspecified atom stereocenters. The third-order valence-corrected chi connectivity index (χ3v) is 4.75. The molecule has 1 aliphatic carbocycles. The Morgan fingerprint density at radius 1 is 1.41 bits per heavy atom. The van der Waals surface area contributed by atoms with Gasteiger partial charge in [-0.3, -0.25) is 0 Å². The zero-order valence-electron chi connectivity index (χ0n) is 10.3. The van der Waals surface area contributed by atoms with Crippen LogP contribution in [0.5, 0.6) is 0 Å². The first-order chi connectivity index (χ1) is 7.95. The fourth-order valence-corrected chi connectivity index (χ4v) is 3.29. The van der Waals surface area contributed by atoms with Crippen LogP contribution >= 0.6 is 15.9 Å². The van der Waals surface area contributed by atoms with Gasteiger partial charge in [-0.25, -0.2) is 4.39 Å². The Balaban J connectivity index is 2.41. The predicted octanol–water partition coefficient (Wildman–Crippen LogP) is 4.20. The van der Waals surface area contributed by atoms with E-state index in [2.05, 4.69) is 29.8 Å². The van der Waals surface area contributed by atoms with Crippen molar-refractivity contribution in [3.8, 4) is 0 Å². The summed E-state index contributed by atoms with van der Waals surface area (Å²) in [6, 6.07) is 5.41. The molecule has 0 radical (unpaired) electrons. The van der Waals surface area contributed by atoms with Crippen LogP contribution in [0.25, 0.3) is 0 Å². The van der Waals surface area contributed by atoms with Crippen molar-refractivity contribution in [1.29, 1.82) is 0 Å². The number of halogens is 2. The van der Waals surface area contributed by atoms with Crippen molar-refractivity contribution >= 4 is 15.9 Å². The summed E-state index contributed by atoms with van der Waals surface area (Å²) in [7, 11) is 0. The number of nitrogens with two attached hydrogens (primary N) is 1. The predicted molar refractivity (Wildman–Crippen MR) is 72.1 cm³/mol. The third-order valence-electron chi connectivity index (χ3n) is 4.14. The highest BCUT2D eigenvalue weighted by Crippen LogP contribution is 2.43. The van der Waals surface area contributed by atoms with Crippen molar-refractivity contribution in [1.82, 2.24) is 0 Å². The first kappa shape index (κ1) is 13.0. The second-order valence-corrected chi connectivity index (χ2v) is 6.28. The molecule has 17 heavy (non-hydrogen) atoms. The van der Waals surface area contributed by atoms with Crippen LogP contribution in [0, 0.1) is 17.7 Å². The molecule has 1 fully saturated rings. The first-order valence-corrected chi connectivity index (χ1v) is 6.98. The SMILES string of the molecule is CC1CCC(N)(c2cccc(Br)c2F)C(C)C1. The maximum atomic E-state index is 14.2. The van der Waals surface area contributed by atoms with Gasteiger partial charge in [0.1, 0.15) is 5.82 Å². The number of hydrogen-bond donors (Lipinski definition) is 1. The van der Waals surface area contributed by atoms with Crippen molar-refractivity contribution in [2.24, 2.45) is 17.6 Å². The van der Waals surface area contributed by atoms with Crippen molar-refractivity contribution in [2.45, 2.75) is 38.6 Å². The molecule has 0 spiro atoms. The van der Waals surface area contributed by atoms with Crippen LogP contribution in [0.2, 0.25) is 0 Å². The Kier molecular flexibility index (Phi) is 3.60. The molecule has 1 aliphatic rings. The van der Waals surface area contributed by atoms with E-state index in [0.717, 1.165) is 19.3 Å². The van der Waals surface area contributed by atoms with E-state index in [4.69, 9.17) is 5.73 Å². The van der Waals surface area contributed by atoms with Gasteiger partial charge in [0.15, 0.2) is 0 Å². The fourth-order valence-electron chi connectivity index (χ4n) is 2.93. The highest BCUT2D eigenvalue weighted by atomic mass is 79.9. The van der Waals surface area contributed by atoms with Crippen molar-refractivity contribution < 1.29 is 4.39 Å². The highest BCUT2D eigenvalue weighted by Gasteiger charge is 2.40. The quantitative estimate of drug-likeness (QED) is 0.826. The minimum Gasteiger partial charge on any atom is -0.321 e. The smallest absolute Gasteiger partial charge is 0.142 e. The third kappa shape index (κ3) is 2.27. The lowest BCUT2D eigenvalue weighted by atomic mass is 9.67. The number of rotatable bonds is 1. The second-order valence-electron chi connectivity index (χ2n) is 5.42. The standard InChI is InChI=1S/C14H19BrFN/c1-9-6-7-14(17,10(2)8-9)11-4-3-5-12(15)13(11)16/h3-5,9-10H,6-8,17H2,1-2H3.